The number of fused-ring (bicyclic) bond motifs is 2. The number of nitrogens with one attached hydrogen (secondary N) is 1. The largest absolute Gasteiger partial charge is 0.465 e. The van der Waals surface area contributed by atoms with Crippen LogP contribution in [0.1, 0.15) is 10.4 Å². The Balaban J connectivity index is 2.53. The van der Waals surface area contributed by atoms with Crippen molar-refractivity contribution in [1.29, 1.82) is 0 Å². The SMILES string of the molecule is COC(=O)c1cc(Br)cc2c(=O)c3cc(Br)cnc3[nH]c12. The van der Waals surface area contributed by atoms with Gasteiger partial charge in [-0.1, -0.05) is 15.9 Å². The van der Waals surface area contributed by atoms with E-state index in [0.717, 1.165) is 0 Å². The molecular weight excluding hydrogens is 404 g/mol. The number of rotatable bonds is 1. The minimum atomic E-state index is -0.520. The van der Waals surface area contributed by atoms with Crippen molar-refractivity contribution in [3.05, 3.63) is 49.1 Å². The highest BCUT2D eigenvalue weighted by Gasteiger charge is 2.16. The van der Waals surface area contributed by atoms with E-state index in [4.69, 9.17) is 4.74 Å². The van der Waals surface area contributed by atoms with Crippen molar-refractivity contribution in [2.75, 3.05) is 7.11 Å². The fourth-order valence-corrected chi connectivity index (χ4v) is 2.96. The van der Waals surface area contributed by atoms with E-state index in [2.05, 4.69) is 41.8 Å². The number of methoxy groups -OCH3 is 1. The third-order valence-electron chi connectivity index (χ3n) is 3.10. The summed E-state index contributed by atoms with van der Waals surface area (Å²) in [5.74, 6) is -0.520. The molecule has 0 saturated carbocycles. The number of aromatic amines is 1. The predicted octanol–water partition coefficient (Wildman–Crippen LogP) is 3.39. The van der Waals surface area contributed by atoms with Crippen molar-refractivity contribution >= 4 is 59.8 Å². The number of halogens is 2. The minimum Gasteiger partial charge on any atom is -0.465 e. The van der Waals surface area contributed by atoms with E-state index in [1.54, 1.807) is 24.4 Å². The van der Waals surface area contributed by atoms with Crippen molar-refractivity contribution in [3.8, 4) is 0 Å². The van der Waals surface area contributed by atoms with Gasteiger partial charge in [-0.25, -0.2) is 9.78 Å². The fraction of sp³-hybridized carbons (Fsp3) is 0.0714. The van der Waals surface area contributed by atoms with Crippen LogP contribution in [0.15, 0.2) is 38.1 Å². The van der Waals surface area contributed by atoms with Crippen LogP contribution in [0.25, 0.3) is 21.9 Å². The van der Waals surface area contributed by atoms with E-state index in [9.17, 15) is 9.59 Å². The molecule has 0 aliphatic carbocycles. The number of ether oxygens (including phenoxy) is 1. The summed E-state index contributed by atoms with van der Waals surface area (Å²) in [4.78, 5) is 31.7. The highest BCUT2D eigenvalue weighted by Crippen LogP contribution is 2.24. The normalized spacial score (nSPS) is 11.0. The molecule has 2 aromatic heterocycles. The Morgan fingerprint density at radius 2 is 1.90 bits per heavy atom. The van der Waals surface area contributed by atoms with Crippen LogP contribution < -0.4 is 5.43 Å². The van der Waals surface area contributed by atoms with Gasteiger partial charge in [0.05, 0.1) is 23.6 Å². The third-order valence-corrected chi connectivity index (χ3v) is 3.99. The maximum atomic E-state index is 12.6. The summed E-state index contributed by atoms with van der Waals surface area (Å²) in [6, 6.07) is 4.97. The fourth-order valence-electron chi connectivity index (χ4n) is 2.17. The minimum absolute atomic E-state index is 0.195. The van der Waals surface area contributed by atoms with E-state index in [-0.39, 0.29) is 11.0 Å². The quantitative estimate of drug-likeness (QED) is 0.492. The Labute approximate surface area is 135 Å². The van der Waals surface area contributed by atoms with Gasteiger partial charge in [0, 0.05) is 20.5 Å². The van der Waals surface area contributed by atoms with Crippen LogP contribution in [0.4, 0.5) is 0 Å². The first-order valence-electron chi connectivity index (χ1n) is 5.90. The second-order valence-corrected chi connectivity index (χ2v) is 6.20. The molecule has 2 heterocycles. The van der Waals surface area contributed by atoms with Gasteiger partial charge in [-0.05, 0) is 34.1 Å². The standard InChI is InChI=1S/C14H8Br2N2O3/c1-21-14(20)9-3-6(15)2-8-11(9)18-13-10(12(8)19)4-7(16)5-17-13/h2-5H,1H3,(H,17,18,19). The lowest BCUT2D eigenvalue weighted by molar-refractivity contribution is 0.0602. The van der Waals surface area contributed by atoms with Crippen molar-refractivity contribution in [2.45, 2.75) is 0 Å². The number of pyridine rings is 2. The van der Waals surface area contributed by atoms with Crippen LogP contribution in [0, 0.1) is 0 Å². The predicted molar refractivity (Wildman–Crippen MR) is 86.6 cm³/mol. The number of carbonyl (C=O) groups excluding carboxylic acids is 1. The number of hydrogen-bond donors (Lipinski definition) is 1. The molecule has 0 fully saturated rings. The lowest BCUT2D eigenvalue weighted by atomic mass is 10.1. The Hall–Kier alpha value is -1.73. The molecule has 0 atom stereocenters. The van der Waals surface area contributed by atoms with Crippen molar-refractivity contribution < 1.29 is 9.53 Å². The molecule has 0 bridgehead atoms. The van der Waals surface area contributed by atoms with Gasteiger partial charge in [0.25, 0.3) is 0 Å². The summed E-state index contributed by atoms with van der Waals surface area (Å²) in [6.45, 7) is 0. The van der Waals surface area contributed by atoms with E-state index >= 15 is 0 Å². The van der Waals surface area contributed by atoms with E-state index in [1.807, 2.05) is 0 Å². The van der Waals surface area contributed by atoms with Gasteiger partial charge >= 0.3 is 5.97 Å². The monoisotopic (exact) mass is 410 g/mol. The van der Waals surface area contributed by atoms with Crippen LogP contribution in [0.3, 0.4) is 0 Å². The van der Waals surface area contributed by atoms with Gasteiger partial charge in [0.15, 0.2) is 5.43 Å². The highest BCUT2D eigenvalue weighted by molar-refractivity contribution is 9.10. The number of aromatic nitrogens is 2. The van der Waals surface area contributed by atoms with Gasteiger partial charge in [-0.15, -0.1) is 0 Å². The first-order valence-corrected chi connectivity index (χ1v) is 7.49. The van der Waals surface area contributed by atoms with Crippen LogP contribution >= 0.6 is 31.9 Å². The highest BCUT2D eigenvalue weighted by atomic mass is 79.9. The van der Waals surface area contributed by atoms with Crippen LogP contribution in [0.2, 0.25) is 0 Å². The molecule has 0 unspecified atom stereocenters. The molecule has 1 N–H and O–H groups in total. The summed E-state index contributed by atoms with van der Waals surface area (Å²) in [6.07, 6.45) is 1.58. The molecule has 0 amide bonds. The first-order chi connectivity index (χ1) is 10.0. The van der Waals surface area contributed by atoms with E-state index in [1.165, 1.54) is 7.11 Å². The van der Waals surface area contributed by atoms with Crippen molar-refractivity contribution in [3.63, 3.8) is 0 Å². The van der Waals surface area contributed by atoms with E-state index in [0.29, 0.717) is 30.9 Å². The van der Waals surface area contributed by atoms with E-state index < -0.39 is 5.97 Å². The van der Waals surface area contributed by atoms with Crippen LogP contribution in [0.5, 0.6) is 0 Å². The van der Waals surface area contributed by atoms with Gasteiger partial charge in [0.2, 0.25) is 0 Å². The first kappa shape index (κ1) is 14.2. The molecule has 5 nitrogen and oxygen atoms in total. The molecule has 0 radical (unpaired) electrons. The molecule has 106 valence electrons. The average molecular weight is 412 g/mol. The Morgan fingerprint density at radius 1 is 1.19 bits per heavy atom. The average Bonchev–Trinajstić information content (AvgIpc) is 2.47. The molecule has 3 rings (SSSR count). The Bertz CT molecular complexity index is 950. The summed E-state index contributed by atoms with van der Waals surface area (Å²) in [5, 5.41) is 0.850. The summed E-state index contributed by atoms with van der Waals surface area (Å²) in [7, 11) is 1.30. The molecule has 0 saturated heterocycles. The second kappa shape index (κ2) is 5.23. The molecule has 3 aromatic rings. The van der Waals surface area contributed by atoms with Gasteiger partial charge < -0.3 is 9.72 Å². The lowest BCUT2D eigenvalue weighted by Crippen LogP contribution is -2.10. The van der Waals surface area contributed by atoms with Crippen molar-refractivity contribution in [2.24, 2.45) is 0 Å². The zero-order valence-electron chi connectivity index (χ0n) is 10.7. The van der Waals surface area contributed by atoms with Crippen LogP contribution in [-0.4, -0.2) is 23.0 Å². The zero-order chi connectivity index (χ0) is 15.1. The van der Waals surface area contributed by atoms with Gasteiger partial charge in [-0.2, -0.15) is 0 Å². The molecule has 21 heavy (non-hydrogen) atoms. The molecule has 1 aromatic carbocycles. The van der Waals surface area contributed by atoms with Gasteiger partial charge in [-0.3, -0.25) is 4.79 Å². The number of nitrogens with zero attached hydrogens (tertiary/aromatic N) is 1. The number of carbonyl (C=O) groups is 1. The van der Waals surface area contributed by atoms with Crippen molar-refractivity contribution in [1.82, 2.24) is 9.97 Å². The molecule has 7 heteroatoms. The number of esters is 1. The summed E-state index contributed by atoms with van der Waals surface area (Å²) >= 11 is 6.60. The summed E-state index contributed by atoms with van der Waals surface area (Å²) in [5.41, 5.74) is 0.921. The number of hydrogen-bond acceptors (Lipinski definition) is 4. The Kier molecular flexibility index (Phi) is 3.54. The Morgan fingerprint density at radius 3 is 2.62 bits per heavy atom. The van der Waals surface area contributed by atoms with Crippen LogP contribution in [-0.2, 0) is 4.74 Å². The molecule has 0 spiro atoms. The summed E-state index contributed by atoms with van der Waals surface area (Å²) < 4.78 is 6.10. The number of H-pyrrole nitrogens is 1. The topological polar surface area (TPSA) is 72.1 Å². The maximum absolute atomic E-state index is 12.6. The second-order valence-electron chi connectivity index (χ2n) is 4.37. The molecule has 0 aliphatic rings. The zero-order valence-corrected chi connectivity index (χ0v) is 13.9. The van der Waals surface area contributed by atoms with Gasteiger partial charge in [0.1, 0.15) is 5.65 Å². The molecular formula is C14H8Br2N2O3. The lowest BCUT2D eigenvalue weighted by Gasteiger charge is -2.07. The third kappa shape index (κ3) is 2.36. The molecule has 0 aliphatic heterocycles. The smallest absolute Gasteiger partial charge is 0.340 e. The number of benzene rings is 1. The maximum Gasteiger partial charge on any atom is 0.340 e.